The SMILES string of the molecule is CC1=CC(=O)CCC12CCCC2. The van der Waals surface area contributed by atoms with E-state index in [2.05, 4.69) is 6.92 Å². The molecule has 1 fully saturated rings. The van der Waals surface area contributed by atoms with Crippen molar-refractivity contribution >= 4 is 5.78 Å². The summed E-state index contributed by atoms with van der Waals surface area (Å²) >= 11 is 0. The van der Waals surface area contributed by atoms with Crippen LogP contribution in [0.2, 0.25) is 0 Å². The van der Waals surface area contributed by atoms with Crippen molar-refractivity contribution in [1.29, 1.82) is 0 Å². The molecule has 2 aliphatic rings. The molecule has 1 spiro atoms. The molecular weight excluding hydrogens is 148 g/mol. The molecule has 0 aliphatic heterocycles. The number of hydrogen-bond acceptors (Lipinski definition) is 1. The van der Waals surface area contributed by atoms with Crippen LogP contribution in [-0.4, -0.2) is 5.78 Å². The molecule has 1 nitrogen and oxygen atoms in total. The fourth-order valence-electron chi connectivity index (χ4n) is 2.72. The molecule has 0 aromatic rings. The number of rotatable bonds is 0. The first kappa shape index (κ1) is 8.03. The third kappa shape index (κ3) is 1.12. The molecule has 0 unspecified atom stereocenters. The lowest BCUT2D eigenvalue weighted by Gasteiger charge is -2.32. The van der Waals surface area contributed by atoms with E-state index in [-0.39, 0.29) is 0 Å². The Morgan fingerprint density at radius 1 is 1.25 bits per heavy atom. The van der Waals surface area contributed by atoms with E-state index in [0.717, 1.165) is 12.8 Å². The highest BCUT2D eigenvalue weighted by atomic mass is 16.1. The first-order valence-electron chi connectivity index (χ1n) is 4.95. The molecule has 0 radical (unpaired) electrons. The van der Waals surface area contributed by atoms with E-state index in [9.17, 15) is 4.79 Å². The van der Waals surface area contributed by atoms with E-state index in [4.69, 9.17) is 0 Å². The minimum absolute atomic E-state index is 0.338. The maximum atomic E-state index is 11.1. The van der Waals surface area contributed by atoms with Gasteiger partial charge in [-0.3, -0.25) is 4.79 Å². The van der Waals surface area contributed by atoms with Crippen molar-refractivity contribution in [3.05, 3.63) is 11.6 Å². The second kappa shape index (κ2) is 2.72. The van der Waals surface area contributed by atoms with Crippen LogP contribution in [0.1, 0.15) is 45.4 Å². The summed E-state index contributed by atoms with van der Waals surface area (Å²) in [6.45, 7) is 2.14. The highest BCUT2D eigenvalue weighted by molar-refractivity contribution is 5.91. The number of allylic oxidation sites excluding steroid dienone is 2. The normalized spacial score (nSPS) is 27.8. The first-order chi connectivity index (χ1) is 5.73. The molecule has 1 saturated carbocycles. The van der Waals surface area contributed by atoms with Crippen molar-refractivity contribution in [3.8, 4) is 0 Å². The van der Waals surface area contributed by atoms with E-state index >= 15 is 0 Å². The predicted octanol–water partition coefficient (Wildman–Crippen LogP) is 2.86. The fraction of sp³-hybridized carbons (Fsp3) is 0.727. The van der Waals surface area contributed by atoms with Gasteiger partial charge in [0.15, 0.2) is 5.78 Å². The Morgan fingerprint density at radius 3 is 2.50 bits per heavy atom. The van der Waals surface area contributed by atoms with Crippen molar-refractivity contribution in [1.82, 2.24) is 0 Å². The standard InChI is InChI=1S/C11H16O/c1-9-8-10(12)4-7-11(9)5-2-3-6-11/h8H,2-7H2,1H3. The molecule has 1 heteroatoms. The van der Waals surface area contributed by atoms with Gasteiger partial charge < -0.3 is 0 Å². The predicted molar refractivity (Wildman–Crippen MR) is 48.9 cm³/mol. The van der Waals surface area contributed by atoms with E-state index in [0.29, 0.717) is 11.2 Å². The smallest absolute Gasteiger partial charge is 0.155 e. The van der Waals surface area contributed by atoms with Crippen LogP contribution in [0.25, 0.3) is 0 Å². The Balaban J connectivity index is 2.27. The fourth-order valence-corrected chi connectivity index (χ4v) is 2.72. The van der Waals surface area contributed by atoms with Gasteiger partial charge in [-0.2, -0.15) is 0 Å². The summed E-state index contributed by atoms with van der Waals surface area (Å²) in [5.74, 6) is 0.338. The molecule has 0 aromatic carbocycles. The average molecular weight is 164 g/mol. The zero-order valence-corrected chi connectivity index (χ0v) is 7.73. The molecule has 0 aromatic heterocycles. The van der Waals surface area contributed by atoms with Crippen LogP contribution >= 0.6 is 0 Å². The van der Waals surface area contributed by atoms with Gasteiger partial charge in [0.25, 0.3) is 0 Å². The van der Waals surface area contributed by atoms with Gasteiger partial charge in [0, 0.05) is 6.42 Å². The maximum absolute atomic E-state index is 11.1. The zero-order chi connectivity index (χ0) is 8.60. The minimum atomic E-state index is 0.338. The van der Waals surface area contributed by atoms with Crippen molar-refractivity contribution < 1.29 is 4.79 Å². The van der Waals surface area contributed by atoms with Crippen molar-refractivity contribution in [3.63, 3.8) is 0 Å². The Hall–Kier alpha value is -0.590. The van der Waals surface area contributed by atoms with Gasteiger partial charge in [-0.25, -0.2) is 0 Å². The van der Waals surface area contributed by atoms with Gasteiger partial charge in [-0.05, 0) is 37.7 Å². The molecule has 2 rings (SSSR count). The van der Waals surface area contributed by atoms with Crippen molar-refractivity contribution in [2.45, 2.75) is 45.4 Å². The van der Waals surface area contributed by atoms with Crippen LogP contribution in [0, 0.1) is 5.41 Å². The Morgan fingerprint density at radius 2 is 1.92 bits per heavy atom. The lowest BCUT2D eigenvalue weighted by molar-refractivity contribution is -0.115. The van der Waals surface area contributed by atoms with E-state index in [1.54, 1.807) is 0 Å². The molecule has 12 heavy (non-hydrogen) atoms. The molecule has 2 aliphatic carbocycles. The number of hydrogen-bond donors (Lipinski definition) is 0. The number of carbonyl (C=O) groups is 1. The van der Waals surface area contributed by atoms with Crippen LogP contribution in [0.5, 0.6) is 0 Å². The van der Waals surface area contributed by atoms with Gasteiger partial charge in [0.2, 0.25) is 0 Å². The topological polar surface area (TPSA) is 17.1 Å². The summed E-state index contributed by atoms with van der Waals surface area (Å²) < 4.78 is 0. The first-order valence-corrected chi connectivity index (χ1v) is 4.95. The summed E-state index contributed by atoms with van der Waals surface area (Å²) in [5.41, 5.74) is 1.81. The summed E-state index contributed by atoms with van der Waals surface area (Å²) in [4.78, 5) is 11.1. The monoisotopic (exact) mass is 164 g/mol. The molecule has 0 amide bonds. The van der Waals surface area contributed by atoms with Gasteiger partial charge in [0.05, 0.1) is 0 Å². The van der Waals surface area contributed by atoms with E-state index < -0.39 is 0 Å². The number of ketones is 1. The largest absolute Gasteiger partial charge is 0.295 e. The van der Waals surface area contributed by atoms with Crippen molar-refractivity contribution in [2.75, 3.05) is 0 Å². The van der Waals surface area contributed by atoms with Crippen LogP contribution in [-0.2, 0) is 4.79 Å². The third-order valence-electron chi connectivity index (χ3n) is 3.62. The molecule has 0 saturated heterocycles. The highest BCUT2D eigenvalue weighted by Crippen LogP contribution is 2.49. The lowest BCUT2D eigenvalue weighted by atomic mass is 9.72. The van der Waals surface area contributed by atoms with Crippen LogP contribution in [0.4, 0.5) is 0 Å². The van der Waals surface area contributed by atoms with Crippen LogP contribution in [0.3, 0.4) is 0 Å². The Kier molecular flexibility index (Phi) is 1.82. The van der Waals surface area contributed by atoms with Crippen LogP contribution in [0.15, 0.2) is 11.6 Å². The minimum Gasteiger partial charge on any atom is -0.295 e. The highest BCUT2D eigenvalue weighted by Gasteiger charge is 2.37. The van der Waals surface area contributed by atoms with Gasteiger partial charge in [0.1, 0.15) is 0 Å². The summed E-state index contributed by atoms with van der Waals surface area (Å²) in [5, 5.41) is 0. The van der Waals surface area contributed by atoms with Crippen LogP contribution < -0.4 is 0 Å². The second-order valence-corrected chi connectivity index (χ2v) is 4.28. The van der Waals surface area contributed by atoms with Gasteiger partial charge in [-0.15, -0.1) is 0 Å². The molecule has 0 atom stereocenters. The van der Waals surface area contributed by atoms with Gasteiger partial charge in [-0.1, -0.05) is 18.4 Å². The second-order valence-electron chi connectivity index (χ2n) is 4.28. The summed E-state index contributed by atoms with van der Waals surface area (Å²) in [7, 11) is 0. The average Bonchev–Trinajstić information content (AvgIpc) is 2.48. The van der Waals surface area contributed by atoms with E-state index in [1.807, 2.05) is 6.08 Å². The summed E-state index contributed by atoms with van der Waals surface area (Å²) in [6, 6.07) is 0. The van der Waals surface area contributed by atoms with Crippen molar-refractivity contribution in [2.24, 2.45) is 5.41 Å². The third-order valence-corrected chi connectivity index (χ3v) is 3.62. The Bertz CT molecular complexity index is 231. The maximum Gasteiger partial charge on any atom is 0.155 e. The summed E-state index contributed by atoms with van der Waals surface area (Å²) in [6.07, 6.45) is 9.16. The molecule has 66 valence electrons. The lowest BCUT2D eigenvalue weighted by Crippen LogP contribution is -2.23. The quantitative estimate of drug-likeness (QED) is 0.538. The Labute approximate surface area is 73.8 Å². The molecular formula is C11H16O. The number of carbonyl (C=O) groups excluding carboxylic acids is 1. The zero-order valence-electron chi connectivity index (χ0n) is 7.73. The van der Waals surface area contributed by atoms with E-state index in [1.165, 1.54) is 31.3 Å². The van der Waals surface area contributed by atoms with Gasteiger partial charge >= 0.3 is 0 Å². The molecule has 0 heterocycles. The molecule has 0 bridgehead atoms. The molecule has 0 N–H and O–H groups in total.